The summed E-state index contributed by atoms with van der Waals surface area (Å²) in [6, 6.07) is 10.1. The molecular formula is C15H18N2O2. The molecule has 0 saturated heterocycles. The standard InChI is InChI=1S/C15H18N2O2/c1-17(9-12-6-7-18-11-12)10-13-8-16-14-4-2-3-5-15(14)19-13/h2-7,11,13,16H,8-10H2,1H3. The molecule has 0 bridgehead atoms. The van der Waals surface area contributed by atoms with Crippen molar-refractivity contribution >= 4 is 5.69 Å². The van der Waals surface area contributed by atoms with E-state index in [0.29, 0.717) is 0 Å². The minimum absolute atomic E-state index is 0.173. The molecule has 1 aromatic carbocycles. The molecule has 0 amide bonds. The maximum Gasteiger partial charge on any atom is 0.142 e. The van der Waals surface area contributed by atoms with Gasteiger partial charge in [0.15, 0.2) is 0 Å². The zero-order chi connectivity index (χ0) is 13.1. The second-order valence-electron chi connectivity index (χ2n) is 4.95. The molecule has 1 aromatic heterocycles. The Bertz CT molecular complexity index is 525. The maximum absolute atomic E-state index is 5.99. The summed E-state index contributed by atoms with van der Waals surface area (Å²) in [5.41, 5.74) is 2.27. The lowest BCUT2D eigenvalue weighted by atomic mass is 10.2. The zero-order valence-electron chi connectivity index (χ0n) is 11.0. The van der Waals surface area contributed by atoms with Crippen LogP contribution >= 0.6 is 0 Å². The molecule has 1 N–H and O–H groups in total. The Labute approximate surface area is 113 Å². The topological polar surface area (TPSA) is 37.6 Å². The number of ether oxygens (including phenoxy) is 1. The molecule has 1 aliphatic rings. The van der Waals surface area contributed by atoms with Crippen LogP contribution in [0.15, 0.2) is 47.3 Å². The quantitative estimate of drug-likeness (QED) is 0.914. The highest BCUT2D eigenvalue weighted by atomic mass is 16.5. The number of nitrogens with one attached hydrogen (secondary N) is 1. The van der Waals surface area contributed by atoms with Gasteiger partial charge in [-0.25, -0.2) is 0 Å². The van der Waals surface area contributed by atoms with Crippen molar-refractivity contribution in [2.24, 2.45) is 0 Å². The summed E-state index contributed by atoms with van der Waals surface area (Å²) >= 11 is 0. The van der Waals surface area contributed by atoms with E-state index in [0.717, 1.165) is 31.1 Å². The molecule has 19 heavy (non-hydrogen) atoms. The summed E-state index contributed by atoms with van der Waals surface area (Å²) in [6.07, 6.45) is 3.66. The smallest absolute Gasteiger partial charge is 0.142 e. The lowest BCUT2D eigenvalue weighted by Crippen LogP contribution is -2.40. The van der Waals surface area contributed by atoms with Gasteiger partial charge in [0.05, 0.1) is 24.8 Å². The van der Waals surface area contributed by atoms with Gasteiger partial charge in [0.1, 0.15) is 11.9 Å². The molecule has 2 aromatic rings. The van der Waals surface area contributed by atoms with Crippen LogP contribution in [0.3, 0.4) is 0 Å². The average Bonchev–Trinajstić information content (AvgIpc) is 2.91. The van der Waals surface area contributed by atoms with Crippen LogP contribution in [-0.4, -0.2) is 31.1 Å². The second kappa shape index (κ2) is 5.36. The van der Waals surface area contributed by atoms with Crippen molar-refractivity contribution < 1.29 is 9.15 Å². The molecule has 4 nitrogen and oxygen atoms in total. The SMILES string of the molecule is CN(Cc1ccoc1)CC1CNc2ccccc2O1. The third kappa shape index (κ3) is 2.90. The molecule has 0 saturated carbocycles. The van der Waals surface area contributed by atoms with Gasteiger partial charge in [-0.1, -0.05) is 12.1 Å². The van der Waals surface area contributed by atoms with Gasteiger partial charge in [-0.3, -0.25) is 4.90 Å². The van der Waals surface area contributed by atoms with Crippen LogP contribution in [0.1, 0.15) is 5.56 Å². The van der Waals surface area contributed by atoms with Crippen molar-refractivity contribution in [3.05, 3.63) is 48.4 Å². The number of furan rings is 1. The van der Waals surface area contributed by atoms with Crippen LogP contribution in [0.5, 0.6) is 5.75 Å². The molecule has 1 unspecified atom stereocenters. The van der Waals surface area contributed by atoms with Crippen LogP contribution in [-0.2, 0) is 6.54 Å². The Hall–Kier alpha value is -1.94. The molecule has 0 radical (unpaired) electrons. The first kappa shape index (κ1) is 12.1. The van der Waals surface area contributed by atoms with Gasteiger partial charge in [0, 0.05) is 18.7 Å². The van der Waals surface area contributed by atoms with Crippen molar-refractivity contribution in [2.45, 2.75) is 12.6 Å². The Morgan fingerprint density at radius 3 is 3.05 bits per heavy atom. The van der Waals surface area contributed by atoms with Crippen molar-refractivity contribution in [1.82, 2.24) is 4.90 Å². The van der Waals surface area contributed by atoms with Gasteiger partial charge >= 0.3 is 0 Å². The van der Waals surface area contributed by atoms with E-state index >= 15 is 0 Å². The number of para-hydroxylation sites is 2. The van der Waals surface area contributed by atoms with E-state index in [-0.39, 0.29) is 6.10 Å². The normalized spacial score (nSPS) is 17.7. The number of benzene rings is 1. The molecule has 4 heteroatoms. The molecule has 1 atom stereocenters. The number of anilines is 1. The minimum atomic E-state index is 0.173. The van der Waals surface area contributed by atoms with E-state index in [1.807, 2.05) is 30.3 Å². The second-order valence-corrected chi connectivity index (χ2v) is 4.95. The van der Waals surface area contributed by atoms with Gasteiger partial charge in [0.25, 0.3) is 0 Å². The first-order valence-electron chi connectivity index (χ1n) is 6.50. The lowest BCUT2D eigenvalue weighted by Gasteiger charge is -2.30. The number of hydrogen-bond donors (Lipinski definition) is 1. The van der Waals surface area contributed by atoms with E-state index in [1.165, 1.54) is 5.56 Å². The van der Waals surface area contributed by atoms with E-state index in [4.69, 9.17) is 9.15 Å². The molecule has 100 valence electrons. The fourth-order valence-electron chi connectivity index (χ4n) is 2.37. The summed E-state index contributed by atoms with van der Waals surface area (Å²) in [5.74, 6) is 0.940. The number of rotatable bonds is 4. The Kier molecular flexibility index (Phi) is 3.42. The molecule has 1 aliphatic heterocycles. The van der Waals surface area contributed by atoms with Crippen molar-refractivity contribution in [3.63, 3.8) is 0 Å². The van der Waals surface area contributed by atoms with Gasteiger partial charge in [-0.05, 0) is 25.2 Å². The maximum atomic E-state index is 5.99. The third-order valence-electron chi connectivity index (χ3n) is 3.25. The lowest BCUT2D eigenvalue weighted by molar-refractivity contribution is 0.148. The molecule has 3 rings (SSSR count). The summed E-state index contributed by atoms with van der Waals surface area (Å²) in [7, 11) is 2.09. The molecular weight excluding hydrogens is 240 g/mol. The van der Waals surface area contributed by atoms with Crippen LogP contribution in [0.2, 0.25) is 0 Å². The third-order valence-corrected chi connectivity index (χ3v) is 3.25. The monoisotopic (exact) mass is 258 g/mol. The number of fused-ring (bicyclic) bond motifs is 1. The predicted octanol–water partition coefficient (Wildman–Crippen LogP) is 2.58. The van der Waals surface area contributed by atoms with E-state index in [1.54, 1.807) is 12.5 Å². The summed E-state index contributed by atoms with van der Waals surface area (Å²) in [5, 5.41) is 3.41. The fraction of sp³-hybridized carbons (Fsp3) is 0.333. The van der Waals surface area contributed by atoms with Gasteiger partial charge in [-0.2, -0.15) is 0 Å². The molecule has 0 spiro atoms. The van der Waals surface area contributed by atoms with Crippen LogP contribution < -0.4 is 10.1 Å². The van der Waals surface area contributed by atoms with Crippen LogP contribution in [0.4, 0.5) is 5.69 Å². The van der Waals surface area contributed by atoms with Crippen molar-refractivity contribution in [2.75, 3.05) is 25.5 Å². The first-order chi connectivity index (χ1) is 9.31. The Morgan fingerprint density at radius 2 is 2.21 bits per heavy atom. The Balaban J connectivity index is 1.57. The largest absolute Gasteiger partial charge is 0.485 e. The van der Waals surface area contributed by atoms with E-state index in [2.05, 4.69) is 17.3 Å². The predicted molar refractivity (Wildman–Crippen MR) is 74.4 cm³/mol. The Morgan fingerprint density at radius 1 is 1.32 bits per heavy atom. The zero-order valence-corrected chi connectivity index (χ0v) is 11.0. The molecule has 0 fully saturated rings. The van der Waals surface area contributed by atoms with Gasteiger partial charge in [-0.15, -0.1) is 0 Å². The van der Waals surface area contributed by atoms with Crippen LogP contribution in [0, 0.1) is 0 Å². The highest BCUT2D eigenvalue weighted by Gasteiger charge is 2.20. The van der Waals surface area contributed by atoms with E-state index in [9.17, 15) is 0 Å². The fourth-order valence-corrected chi connectivity index (χ4v) is 2.37. The van der Waals surface area contributed by atoms with Crippen LogP contribution in [0.25, 0.3) is 0 Å². The molecule has 2 heterocycles. The van der Waals surface area contributed by atoms with Crippen molar-refractivity contribution in [3.8, 4) is 5.75 Å². The minimum Gasteiger partial charge on any atom is -0.485 e. The summed E-state index contributed by atoms with van der Waals surface area (Å²) < 4.78 is 11.1. The van der Waals surface area contributed by atoms with Crippen molar-refractivity contribution in [1.29, 1.82) is 0 Å². The highest BCUT2D eigenvalue weighted by molar-refractivity contribution is 5.57. The first-order valence-corrected chi connectivity index (χ1v) is 6.50. The summed E-state index contributed by atoms with van der Waals surface area (Å²) in [4.78, 5) is 2.24. The van der Waals surface area contributed by atoms with Gasteiger partial charge < -0.3 is 14.5 Å². The molecule has 0 aliphatic carbocycles. The summed E-state index contributed by atoms with van der Waals surface area (Å²) in [6.45, 7) is 2.59. The average molecular weight is 258 g/mol. The number of nitrogens with zero attached hydrogens (tertiary/aromatic N) is 1. The van der Waals surface area contributed by atoms with E-state index < -0.39 is 0 Å². The highest BCUT2D eigenvalue weighted by Crippen LogP contribution is 2.28. The van der Waals surface area contributed by atoms with Gasteiger partial charge in [0.2, 0.25) is 0 Å². The number of hydrogen-bond acceptors (Lipinski definition) is 4. The number of likely N-dealkylation sites (N-methyl/N-ethyl adjacent to an activating group) is 1.